The number of nitrogens with one attached hydrogen (secondary N) is 1. The number of nitrogens with zero attached hydrogens (tertiary/aromatic N) is 1. The summed E-state index contributed by atoms with van der Waals surface area (Å²) in [4.78, 5) is 13.5. The van der Waals surface area contributed by atoms with Gasteiger partial charge in [0.2, 0.25) is 5.91 Å². The second kappa shape index (κ2) is 6.89. The summed E-state index contributed by atoms with van der Waals surface area (Å²) in [7, 11) is 0. The third kappa shape index (κ3) is 3.24. The quantitative estimate of drug-likeness (QED) is 0.691. The van der Waals surface area contributed by atoms with Crippen molar-refractivity contribution in [2.75, 3.05) is 5.32 Å². The minimum atomic E-state index is -0.269. The number of rotatable bonds is 4. The molecule has 4 aliphatic carbocycles. The van der Waals surface area contributed by atoms with Gasteiger partial charge in [0.1, 0.15) is 0 Å². The Morgan fingerprint density at radius 1 is 1.03 bits per heavy atom. The predicted octanol–water partition coefficient (Wildman–Crippen LogP) is 5.88. The van der Waals surface area contributed by atoms with Gasteiger partial charge < -0.3 is 5.32 Å². The minimum Gasteiger partial charge on any atom is -0.326 e. The second-order valence-electron chi connectivity index (χ2n) is 9.51. The molecular formula is C25H25ClN2O. The molecule has 2 atom stereocenters. The highest BCUT2D eigenvalue weighted by atomic mass is 35.5. The van der Waals surface area contributed by atoms with Gasteiger partial charge in [0, 0.05) is 10.7 Å². The van der Waals surface area contributed by atoms with Gasteiger partial charge in [-0.1, -0.05) is 35.9 Å². The number of hydrogen-bond acceptors (Lipinski definition) is 2. The number of nitriles is 1. The predicted molar refractivity (Wildman–Crippen MR) is 115 cm³/mol. The van der Waals surface area contributed by atoms with Crippen molar-refractivity contribution < 1.29 is 4.79 Å². The molecule has 2 unspecified atom stereocenters. The third-order valence-electron chi connectivity index (χ3n) is 7.49. The number of carbonyl (C=O) groups excluding carboxylic acids is 1. The van der Waals surface area contributed by atoms with E-state index in [0.717, 1.165) is 35.5 Å². The van der Waals surface area contributed by atoms with Crippen molar-refractivity contribution in [1.82, 2.24) is 0 Å². The summed E-state index contributed by atoms with van der Waals surface area (Å²) in [6, 6.07) is 18.2. The first kappa shape index (κ1) is 18.7. The topological polar surface area (TPSA) is 52.9 Å². The number of halogens is 1. The average Bonchev–Trinajstić information content (AvgIpc) is 2.69. The van der Waals surface area contributed by atoms with Crippen LogP contribution in [0.15, 0.2) is 48.5 Å². The van der Waals surface area contributed by atoms with Gasteiger partial charge in [0.25, 0.3) is 0 Å². The molecule has 1 amide bonds. The largest absolute Gasteiger partial charge is 0.326 e. The van der Waals surface area contributed by atoms with E-state index in [2.05, 4.69) is 23.5 Å². The molecule has 0 saturated heterocycles. The van der Waals surface area contributed by atoms with Gasteiger partial charge in [0.15, 0.2) is 0 Å². The number of benzene rings is 2. The summed E-state index contributed by atoms with van der Waals surface area (Å²) in [6.07, 6.45) is 7.02. The highest BCUT2D eigenvalue weighted by Gasteiger charge is 2.60. The number of hydrogen-bond donors (Lipinski definition) is 1. The van der Waals surface area contributed by atoms with E-state index in [0.29, 0.717) is 18.3 Å². The van der Waals surface area contributed by atoms with Crippen LogP contribution in [0.3, 0.4) is 0 Å². The normalized spacial score (nSPS) is 32.0. The zero-order valence-corrected chi connectivity index (χ0v) is 17.2. The maximum absolute atomic E-state index is 13.5. The van der Waals surface area contributed by atoms with E-state index in [4.69, 9.17) is 16.9 Å². The van der Waals surface area contributed by atoms with Crippen LogP contribution >= 0.6 is 11.6 Å². The van der Waals surface area contributed by atoms with Gasteiger partial charge >= 0.3 is 0 Å². The standard InChI is InChI=1S/C25H25ClN2O/c26-21-5-3-20(4-6-21)24-12-18-11-19(13-24)15-25(14-18,16-24)23(29)28-22-7-1-17(2-8-22)9-10-27/h1-8,18-19H,9,11-16H2,(H,28,29). The summed E-state index contributed by atoms with van der Waals surface area (Å²) < 4.78 is 0. The van der Waals surface area contributed by atoms with Crippen molar-refractivity contribution in [1.29, 1.82) is 5.26 Å². The maximum Gasteiger partial charge on any atom is 0.230 e. The van der Waals surface area contributed by atoms with Crippen LogP contribution in [0.5, 0.6) is 0 Å². The fraction of sp³-hybridized carbons (Fsp3) is 0.440. The Bertz CT molecular complexity index is 959. The Kier molecular flexibility index (Phi) is 4.44. The Hall–Kier alpha value is -2.31. The minimum absolute atomic E-state index is 0.114. The molecule has 4 aliphatic rings. The molecule has 4 heteroatoms. The zero-order valence-electron chi connectivity index (χ0n) is 16.5. The molecule has 0 heterocycles. The zero-order chi connectivity index (χ0) is 20.1. The van der Waals surface area contributed by atoms with Crippen LogP contribution < -0.4 is 5.32 Å². The maximum atomic E-state index is 13.5. The molecule has 6 rings (SSSR count). The summed E-state index contributed by atoms with van der Waals surface area (Å²) >= 11 is 6.14. The second-order valence-corrected chi connectivity index (χ2v) is 9.95. The van der Waals surface area contributed by atoms with Crippen molar-refractivity contribution in [3.63, 3.8) is 0 Å². The lowest BCUT2D eigenvalue weighted by atomic mass is 9.42. The highest BCUT2D eigenvalue weighted by Crippen LogP contribution is 2.66. The first-order valence-corrected chi connectivity index (χ1v) is 10.9. The Balaban J connectivity index is 1.41. The van der Waals surface area contributed by atoms with Crippen LogP contribution in [-0.2, 0) is 16.6 Å². The molecule has 3 nitrogen and oxygen atoms in total. The number of amides is 1. The first-order chi connectivity index (χ1) is 14.0. The molecule has 1 N–H and O–H groups in total. The Labute approximate surface area is 177 Å². The van der Waals surface area contributed by atoms with Gasteiger partial charge in [-0.25, -0.2) is 0 Å². The van der Waals surface area contributed by atoms with Crippen LogP contribution in [0, 0.1) is 28.6 Å². The lowest BCUT2D eigenvalue weighted by molar-refractivity contribution is -0.143. The summed E-state index contributed by atoms with van der Waals surface area (Å²) in [5.74, 6) is 1.45. The molecule has 4 fully saturated rings. The Morgan fingerprint density at radius 2 is 1.69 bits per heavy atom. The van der Waals surface area contributed by atoms with E-state index in [9.17, 15) is 4.79 Å². The molecular weight excluding hydrogens is 380 g/mol. The van der Waals surface area contributed by atoms with E-state index in [-0.39, 0.29) is 16.7 Å². The number of anilines is 1. The SMILES string of the molecule is N#CCc1ccc(NC(=O)C23CC4CC(C2)CC(c2ccc(Cl)cc2)(C4)C3)cc1. The van der Waals surface area contributed by atoms with Crippen molar-refractivity contribution >= 4 is 23.2 Å². The van der Waals surface area contributed by atoms with Crippen molar-refractivity contribution in [2.24, 2.45) is 17.3 Å². The van der Waals surface area contributed by atoms with E-state index in [1.54, 1.807) is 0 Å². The Morgan fingerprint density at radius 3 is 2.31 bits per heavy atom. The molecule has 4 saturated carbocycles. The van der Waals surface area contributed by atoms with Crippen LogP contribution in [-0.4, -0.2) is 5.91 Å². The lowest BCUT2D eigenvalue weighted by Gasteiger charge is -2.61. The van der Waals surface area contributed by atoms with Gasteiger partial charge in [-0.15, -0.1) is 0 Å². The monoisotopic (exact) mass is 404 g/mol. The molecule has 2 aromatic rings. The van der Waals surface area contributed by atoms with Crippen molar-refractivity contribution in [3.05, 3.63) is 64.7 Å². The third-order valence-corrected chi connectivity index (χ3v) is 7.75. The van der Waals surface area contributed by atoms with Crippen LogP contribution in [0.25, 0.3) is 0 Å². The van der Waals surface area contributed by atoms with E-state index < -0.39 is 0 Å². The van der Waals surface area contributed by atoms with Crippen LogP contribution in [0.4, 0.5) is 5.69 Å². The molecule has 2 aromatic carbocycles. The molecule has 4 bridgehead atoms. The lowest BCUT2D eigenvalue weighted by Crippen LogP contribution is -2.57. The molecule has 0 aromatic heterocycles. The van der Waals surface area contributed by atoms with Gasteiger partial charge in [-0.2, -0.15) is 5.26 Å². The molecule has 0 aliphatic heterocycles. The molecule has 29 heavy (non-hydrogen) atoms. The summed E-state index contributed by atoms with van der Waals surface area (Å²) in [6.45, 7) is 0. The molecule has 0 spiro atoms. The van der Waals surface area contributed by atoms with Gasteiger partial charge in [0.05, 0.1) is 17.9 Å². The fourth-order valence-electron chi connectivity index (χ4n) is 6.73. The van der Waals surface area contributed by atoms with E-state index in [1.165, 1.54) is 24.8 Å². The van der Waals surface area contributed by atoms with Crippen LogP contribution in [0.2, 0.25) is 5.02 Å². The summed E-state index contributed by atoms with van der Waals surface area (Å²) in [5.41, 5.74) is 3.00. The number of carbonyl (C=O) groups is 1. The van der Waals surface area contributed by atoms with E-state index in [1.807, 2.05) is 36.4 Å². The van der Waals surface area contributed by atoms with Crippen molar-refractivity contribution in [2.45, 2.75) is 50.4 Å². The smallest absolute Gasteiger partial charge is 0.230 e. The molecule has 148 valence electrons. The van der Waals surface area contributed by atoms with Gasteiger partial charge in [-0.3, -0.25) is 4.79 Å². The highest BCUT2D eigenvalue weighted by molar-refractivity contribution is 6.30. The van der Waals surface area contributed by atoms with E-state index >= 15 is 0 Å². The molecule has 0 radical (unpaired) electrons. The summed E-state index contributed by atoms with van der Waals surface area (Å²) in [5, 5.41) is 12.8. The van der Waals surface area contributed by atoms with Gasteiger partial charge in [-0.05, 0) is 91.2 Å². The average molecular weight is 405 g/mol. The fourth-order valence-corrected chi connectivity index (χ4v) is 6.86. The first-order valence-electron chi connectivity index (χ1n) is 10.5. The van der Waals surface area contributed by atoms with Crippen LogP contribution in [0.1, 0.15) is 49.7 Å². The van der Waals surface area contributed by atoms with Crippen molar-refractivity contribution in [3.8, 4) is 6.07 Å².